The third-order valence-corrected chi connectivity index (χ3v) is 2.40. The Bertz CT molecular complexity index is 567. The fourth-order valence-corrected chi connectivity index (χ4v) is 1.62. The summed E-state index contributed by atoms with van der Waals surface area (Å²) in [7, 11) is 0. The van der Waals surface area contributed by atoms with E-state index in [0.29, 0.717) is 5.69 Å². The van der Waals surface area contributed by atoms with E-state index in [2.05, 4.69) is 5.32 Å². The van der Waals surface area contributed by atoms with E-state index in [9.17, 15) is 14.4 Å². The van der Waals surface area contributed by atoms with Crippen molar-refractivity contribution in [3.05, 3.63) is 33.7 Å². The zero-order chi connectivity index (χ0) is 14.8. The molecular weight excluding hydrogens is 248 g/mol. The molecule has 0 aliphatic carbocycles. The Hall–Kier alpha value is -2.11. The molecule has 0 atom stereocenters. The summed E-state index contributed by atoms with van der Waals surface area (Å²) >= 11 is 0. The number of rotatable bonds is 3. The normalized spacial score (nSPS) is 11.2. The molecule has 0 aliphatic rings. The van der Waals surface area contributed by atoms with E-state index in [1.165, 1.54) is 16.8 Å². The van der Waals surface area contributed by atoms with Gasteiger partial charge < -0.3 is 15.0 Å². The zero-order valence-electron chi connectivity index (χ0n) is 11.5. The smallest absolute Gasteiger partial charge is 0.341 e. The van der Waals surface area contributed by atoms with Crippen LogP contribution in [-0.4, -0.2) is 27.1 Å². The molecule has 104 valence electrons. The molecule has 0 spiro atoms. The van der Waals surface area contributed by atoms with Crippen molar-refractivity contribution in [3.8, 4) is 0 Å². The molecular formula is C13H18N2O4. The summed E-state index contributed by atoms with van der Waals surface area (Å²) in [6.07, 6.45) is 1.20. The van der Waals surface area contributed by atoms with Crippen molar-refractivity contribution in [1.29, 1.82) is 0 Å². The highest BCUT2D eigenvalue weighted by Crippen LogP contribution is 2.02. The van der Waals surface area contributed by atoms with E-state index in [-0.39, 0.29) is 23.6 Å². The van der Waals surface area contributed by atoms with Crippen LogP contribution in [0.5, 0.6) is 0 Å². The van der Waals surface area contributed by atoms with Gasteiger partial charge in [0, 0.05) is 23.5 Å². The number of pyridine rings is 1. The van der Waals surface area contributed by atoms with Gasteiger partial charge in [-0.15, -0.1) is 0 Å². The molecule has 0 bridgehead atoms. The first-order valence-electron chi connectivity index (χ1n) is 5.85. The van der Waals surface area contributed by atoms with Crippen LogP contribution in [0.3, 0.4) is 0 Å². The fourth-order valence-electron chi connectivity index (χ4n) is 1.62. The minimum atomic E-state index is -1.30. The molecule has 1 aromatic heterocycles. The van der Waals surface area contributed by atoms with Gasteiger partial charge in [0.05, 0.1) is 0 Å². The molecule has 1 rings (SSSR count). The molecule has 1 amide bonds. The van der Waals surface area contributed by atoms with Crippen molar-refractivity contribution < 1.29 is 14.7 Å². The van der Waals surface area contributed by atoms with Crippen molar-refractivity contribution in [1.82, 2.24) is 9.88 Å². The summed E-state index contributed by atoms with van der Waals surface area (Å²) < 4.78 is 1.45. The number of carbonyl (C=O) groups is 2. The molecule has 6 nitrogen and oxygen atoms in total. The number of carboxylic acids is 1. The number of aryl methyl sites for hydroxylation is 1. The lowest BCUT2D eigenvalue weighted by Crippen LogP contribution is -2.42. The van der Waals surface area contributed by atoms with Gasteiger partial charge >= 0.3 is 5.97 Å². The second-order valence-electron chi connectivity index (χ2n) is 5.42. The van der Waals surface area contributed by atoms with E-state index in [0.717, 1.165) is 0 Å². The number of nitrogens with zero attached hydrogens (tertiary/aromatic N) is 1. The molecule has 0 fully saturated rings. The lowest BCUT2D eigenvalue weighted by Gasteiger charge is -2.21. The quantitative estimate of drug-likeness (QED) is 0.845. The van der Waals surface area contributed by atoms with Crippen LogP contribution in [0.4, 0.5) is 0 Å². The van der Waals surface area contributed by atoms with Crippen LogP contribution in [-0.2, 0) is 11.3 Å². The Labute approximate surface area is 111 Å². The molecule has 1 heterocycles. The SMILES string of the molecule is Cc1cc(=O)c(C(=O)O)cn1CC(=O)NC(C)(C)C. The Balaban J connectivity index is 3.02. The molecule has 0 aromatic carbocycles. The third kappa shape index (κ3) is 4.24. The second kappa shape index (κ2) is 5.26. The van der Waals surface area contributed by atoms with Crippen LogP contribution in [0.2, 0.25) is 0 Å². The highest BCUT2D eigenvalue weighted by atomic mass is 16.4. The Morgan fingerprint density at radius 2 is 1.95 bits per heavy atom. The fraction of sp³-hybridized carbons (Fsp3) is 0.462. The first kappa shape index (κ1) is 14.9. The van der Waals surface area contributed by atoms with Gasteiger partial charge in [0.25, 0.3) is 0 Å². The summed E-state index contributed by atoms with van der Waals surface area (Å²) in [6.45, 7) is 7.19. The van der Waals surface area contributed by atoms with Crippen molar-refractivity contribution in [2.24, 2.45) is 0 Å². The highest BCUT2D eigenvalue weighted by molar-refractivity contribution is 5.87. The summed E-state index contributed by atoms with van der Waals surface area (Å²) in [5.74, 6) is -1.54. The number of amides is 1. The van der Waals surface area contributed by atoms with Crippen LogP contribution in [0, 0.1) is 6.92 Å². The highest BCUT2D eigenvalue weighted by Gasteiger charge is 2.16. The second-order valence-corrected chi connectivity index (χ2v) is 5.42. The van der Waals surface area contributed by atoms with E-state index < -0.39 is 11.4 Å². The minimum Gasteiger partial charge on any atom is -0.477 e. The monoisotopic (exact) mass is 266 g/mol. The van der Waals surface area contributed by atoms with Crippen molar-refractivity contribution in [3.63, 3.8) is 0 Å². The topological polar surface area (TPSA) is 88.4 Å². The summed E-state index contributed by atoms with van der Waals surface area (Å²) in [5, 5.41) is 11.7. The zero-order valence-corrected chi connectivity index (χ0v) is 11.5. The number of hydrogen-bond acceptors (Lipinski definition) is 3. The molecule has 2 N–H and O–H groups in total. The van der Waals surface area contributed by atoms with E-state index >= 15 is 0 Å². The predicted molar refractivity (Wildman–Crippen MR) is 70.3 cm³/mol. The Kier molecular flexibility index (Phi) is 4.14. The summed E-state index contributed by atoms with van der Waals surface area (Å²) in [5.41, 5.74) is -0.717. The molecule has 0 saturated carbocycles. The van der Waals surface area contributed by atoms with E-state index in [1.807, 2.05) is 20.8 Å². The maximum atomic E-state index is 11.8. The Morgan fingerprint density at radius 1 is 1.37 bits per heavy atom. The number of nitrogens with one attached hydrogen (secondary N) is 1. The maximum absolute atomic E-state index is 11.8. The standard InChI is InChI=1S/C13H18N2O4/c1-8-5-10(16)9(12(18)19)6-15(8)7-11(17)14-13(2,3)4/h5-6H,7H2,1-4H3,(H,14,17)(H,18,19). The number of aromatic nitrogens is 1. The van der Waals surface area contributed by atoms with E-state index in [4.69, 9.17) is 5.11 Å². The molecule has 19 heavy (non-hydrogen) atoms. The molecule has 1 aromatic rings. The number of carbonyl (C=O) groups excluding carboxylic acids is 1. The first-order valence-corrected chi connectivity index (χ1v) is 5.85. The number of hydrogen-bond donors (Lipinski definition) is 2. The summed E-state index contributed by atoms with van der Waals surface area (Å²) in [6, 6.07) is 1.22. The van der Waals surface area contributed by atoms with Gasteiger partial charge in [0.15, 0.2) is 5.43 Å². The molecule has 0 saturated heterocycles. The number of aromatic carboxylic acids is 1. The van der Waals surface area contributed by atoms with E-state index in [1.54, 1.807) is 6.92 Å². The van der Waals surface area contributed by atoms with Gasteiger partial charge in [-0.2, -0.15) is 0 Å². The average Bonchev–Trinajstić information content (AvgIpc) is 2.18. The molecule has 0 radical (unpaired) electrons. The lowest BCUT2D eigenvalue weighted by atomic mass is 10.1. The van der Waals surface area contributed by atoms with Gasteiger partial charge in [-0.05, 0) is 27.7 Å². The van der Waals surface area contributed by atoms with Crippen LogP contribution in [0.25, 0.3) is 0 Å². The van der Waals surface area contributed by atoms with Gasteiger partial charge in [-0.1, -0.05) is 0 Å². The van der Waals surface area contributed by atoms with Gasteiger partial charge in [0.1, 0.15) is 12.1 Å². The van der Waals surface area contributed by atoms with Crippen LogP contribution < -0.4 is 10.7 Å². The third-order valence-electron chi connectivity index (χ3n) is 2.40. The largest absolute Gasteiger partial charge is 0.477 e. The van der Waals surface area contributed by atoms with Gasteiger partial charge in [-0.25, -0.2) is 4.79 Å². The van der Waals surface area contributed by atoms with Gasteiger partial charge in [-0.3, -0.25) is 9.59 Å². The van der Waals surface area contributed by atoms with Crippen LogP contribution in [0.1, 0.15) is 36.8 Å². The van der Waals surface area contributed by atoms with Crippen LogP contribution >= 0.6 is 0 Å². The first-order chi connectivity index (χ1) is 8.60. The minimum absolute atomic E-state index is 0.0241. The molecule has 0 unspecified atom stereocenters. The van der Waals surface area contributed by atoms with Gasteiger partial charge in [0.2, 0.25) is 5.91 Å². The summed E-state index contributed by atoms with van der Waals surface area (Å²) in [4.78, 5) is 34.1. The van der Waals surface area contributed by atoms with Crippen LogP contribution in [0.15, 0.2) is 17.1 Å². The van der Waals surface area contributed by atoms with Crippen molar-refractivity contribution >= 4 is 11.9 Å². The Morgan fingerprint density at radius 3 is 2.42 bits per heavy atom. The maximum Gasteiger partial charge on any atom is 0.341 e. The molecule has 0 aliphatic heterocycles. The van der Waals surface area contributed by atoms with Crippen molar-refractivity contribution in [2.45, 2.75) is 39.8 Å². The lowest BCUT2D eigenvalue weighted by molar-refractivity contribution is -0.123. The average molecular weight is 266 g/mol. The number of carboxylic acid groups (broad SMARTS) is 1. The molecule has 6 heteroatoms. The predicted octanol–water partition coefficient (Wildman–Crippen LogP) is 0.770. The van der Waals surface area contributed by atoms with Crippen molar-refractivity contribution in [2.75, 3.05) is 0 Å².